The number of rotatable bonds is 4. The molecule has 0 saturated heterocycles. The highest BCUT2D eigenvalue weighted by atomic mass is 16.5. The summed E-state index contributed by atoms with van der Waals surface area (Å²) in [5, 5.41) is 2.32. The highest BCUT2D eigenvalue weighted by molar-refractivity contribution is 5.99. The molecule has 1 unspecified atom stereocenters. The maximum atomic E-state index is 6.95. The predicted molar refractivity (Wildman–Crippen MR) is 130 cm³/mol. The molecule has 1 spiro atoms. The van der Waals surface area contributed by atoms with Gasteiger partial charge in [0.05, 0.1) is 39.3 Å². The molecule has 2 heterocycles. The van der Waals surface area contributed by atoms with Crippen molar-refractivity contribution in [3.63, 3.8) is 0 Å². The van der Waals surface area contributed by atoms with Gasteiger partial charge >= 0.3 is 0 Å². The highest BCUT2D eigenvalue weighted by Crippen LogP contribution is 2.54. The molecule has 0 N–H and O–H groups in total. The van der Waals surface area contributed by atoms with Crippen LogP contribution in [0.5, 0.6) is 5.75 Å². The number of quaternary nitrogens is 1. The van der Waals surface area contributed by atoms with Crippen LogP contribution < -0.4 is 9.64 Å². The number of nitrogens with zero attached hydrogens (tertiary/aromatic N) is 3. The number of ether oxygens (including phenoxy) is 1. The van der Waals surface area contributed by atoms with Crippen molar-refractivity contribution in [2.75, 3.05) is 39.1 Å². The molecule has 4 heteroatoms. The van der Waals surface area contributed by atoms with E-state index >= 15 is 0 Å². The third kappa shape index (κ3) is 3.04. The van der Waals surface area contributed by atoms with Gasteiger partial charge in [0, 0.05) is 24.0 Å². The van der Waals surface area contributed by atoms with E-state index in [1.54, 1.807) is 0 Å². The first-order valence-electron chi connectivity index (χ1n) is 11.2. The molecule has 1 atom stereocenters. The second-order valence-corrected chi connectivity index (χ2v) is 10.4. The van der Waals surface area contributed by atoms with E-state index < -0.39 is 5.72 Å². The zero-order valence-corrected chi connectivity index (χ0v) is 19.2. The maximum Gasteiger partial charge on any atom is 0.228 e. The van der Waals surface area contributed by atoms with Gasteiger partial charge in [-0.25, -0.2) is 0 Å². The van der Waals surface area contributed by atoms with Crippen LogP contribution in [0.2, 0.25) is 0 Å². The average Bonchev–Trinajstić information content (AvgIpc) is 2.91. The molecule has 2 aliphatic rings. The Morgan fingerprint density at radius 2 is 1.68 bits per heavy atom. The van der Waals surface area contributed by atoms with E-state index in [9.17, 15) is 0 Å². The van der Waals surface area contributed by atoms with Crippen LogP contribution in [0, 0.1) is 0 Å². The molecule has 0 aliphatic carbocycles. The van der Waals surface area contributed by atoms with Gasteiger partial charge in [-0.15, -0.1) is 0 Å². The van der Waals surface area contributed by atoms with Gasteiger partial charge in [0.25, 0.3) is 0 Å². The van der Waals surface area contributed by atoms with Gasteiger partial charge in [-0.05, 0) is 36.9 Å². The van der Waals surface area contributed by atoms with E-state index in [4.69, 9.17) is 9.73 Å². The lowest BCUT2D eigenvalue weighted by Crippen LogP contribution is -2.62. The van der Waals surface area contributed by atoms with E-state index in [1.165, 1.54) is 16.6 Å². The quantitative estimate of drug-likeness (QED) is 0.525. The van der Waals surface area contributed by atoms with E-state index in [-0.39, 0.29) is 5.41 Å². The molecule has 0 saturated carbocycles. The molecule has 3 aromatic rings. The molecule has 0 radical (unpaired) electrons. The summed E-state index contributed by atoms with van der Waals surface area (Å²) in [5.74, 6) is 0.860. The van der Waals surface area contributed by atoms with Crippen LogP contribution in [0.1, 0.15) is 25.8 Å². The summed E-state index contributed by atoms with van der Waals surface area (Å²) >= 11 is 0. The molecular formula is C27H32N3O+. The molecule has 2 aliphatic heterocycles. The van der Waals surface area contributed by atoms with Crippen molar-refractivity contribution in [3.8, 4) is 5.75 Å². The van der Waals surface area contributed by atoms with Crippen molar-refractivity contribution in [3.05, 3.63) is 66.2 Å². The Kier molecular flexibility index (Phi) is 4.42. The molecule has 3 aromatic carbocycles. The SMILES string of the molecule is CC1(C)c2ccccc2N(CCC[N+](C)(C)C)C12C=Nc1c(ccc3ccccc13)O2. The second kappa shape index (κ2) is 6.83. The molecule has 0 bridgehead atoms. The smallest absolute Gasteiger partial charge is 0.228 e. The largest absolute Gasteiger partial charge is 0.459 e. The number of anilines is 1. The van der Waals surface area contributed by atoms with E-state index in [0.717, 1.165) is 40.8 Å². The van der Waals surface area contributed by atoms with E-state index in [0.29, 0.717) is 0 Å². The lowest BCUT2D eigenvalue weighted by Gasteiger charge is -2.46. The van der Waals surface area contributed by atoms with Crippen LogP contribution in [0.25, 0.3) is 10.8 Å². The maximum absolute atomic E-state index is 6.95. The normalized spacial score (nSPS) is 21.3. The van der Waals surface area contributed by atoms with Crippen molar-refractivity contribution in [1.82, 2.24) is 0 Å². The number of para-hydroxylation sites is 1. The zero-order valence-electron chi connectivity index (χ0n) is 19.2. The Morgan fingerprint density at radius 1 is 0.935 bits per heavy atom. The van der Waals surface area contributed by atoms with Gasteiger partial charge < -0.3 is 14.1 Å². The Morgan fingerprint density at radius 3 is 2.48 bits per heavy atom. The summed E-state index contributed by atoms with van der Waals surface area (Å²) in [7, 11) is 6.74. The van der Waals surface area contributed by atoms with Crippen LogP contribution in [0.3, 0.4) is 0 Å². The van der Waals surface area contributed by atoms with Gasteiger partial charge in [0.15, 0.2) is 0 Å². The topological polar surface area (TPSA) is 24.8 Å². The van der Waals surface area contributed by atoms with Crippen molar-refractivity contribution in [2.45, 2.75) is 31.4 Å². The minimum absolute atomic E-state index is 0.243. The summed E-state index contributed by atoms with van der Waals surface area (Å²) in [6, 6.07) is 21.3. The van der Waals surface area contributed by atoms with Gasteiger partial charge in [-0.2, -0.15) is 0 Å². The summed E-state index contributed by atoms with van der Waals surface area (Å²) < 4.78 is 7.91. The summed E-state index contributed by atoms with van der Waals surface area (Å²) in [5.41, 5.74) is 2.62. The van der Waals surface area contributed by atoms with Crippen LogP contribution in [-0.4, -0.2) is 50.7 Å². The van der Waals surface area contributed by atoms with Gasteiger partial charge in [0.1, 0.15) is 11.4 Å². The monoisotopic (exact) mass is 414 g/mol. The van der Waals surface area contributed by atoms with Gasteiger partial charge in [-0.3, -0.25) is 4.99 Å². The van der Waals surface area contributed by atoms with Crippen LogP contribution in [-0.2, 0) is 5.41 Å². The zero-order chi connectivity index (χ0) is 21.9. The third-order valence-electron chi connectivity index (χ3n) is 6.87. The lowest BCUT2D eigenvalue weighted by atomic mass is 9.77. The molecule has 0 aromatic heterocycles. The first-order valence-corrected chi connectivity index (χ1v) is 11.2. The van der Waals surface area contributed by atoms with E-state index in [2.05, 4.69) is 107 Å². The Bertz CT molecular complexity index is 1170. The average molecular weight is 415 g/mol. The Labute approximate surface area is 185 Å². The fraction of sp³-hybridized carbons (Fsp3) is 0.370. The van der Waals surface area contributed by atoms with Crippen LogP contribution >= 0.6 is 0 Å². The molecule has 160 valence electrons. The van der Waals surface area contributed by atoms with Crippen molar-refractivity contribution < 1.29 is 9.22 Å². The number of hydrogen-bond donors (Lipinski definition) is 0. The summed E-state index contributed by atoms with van der Waals surface area (Å²) in [6.07, 6.45) is 3.14. The minimum atomic E-state index is -0.642. The van der Waals surface area contributed by atoms with E-state index in [1.807, 2.05) is 0 Å². The van der Waals surface area contributed by atoms with Crippen molar-refractivity contribution in [1.29, 1.82) is 0 Å². The van der Waals surface area contributed by atoms with Crippen LogP contribution in [0.4, 0.5) is 11.4 Å². The first kappa shape index (κ1) is 20.1. The Balaban J connectivity index is 1.61. The summed E-state index contributed by atoms with van der Waals surface area (Å²) in [6.45, 7) is 6.59. The predicted octanol–water partition coefficient (Wildman–Crippen LogP) is 5.52. The fourth-order valence-electron chi connectivity index (χ4n) is 5.15. The van der Waals surface area contributed by atoms with Crippen molar-refractivity contribution >= 4 is 28.4 Å². The second-order valence-electron chi connectivity index (χ2n) is 10.4. The van der Waals surface area contributed by atoms with Gasteiger partial charge in [0.2, 0.25) is 5.72 Å². The van der Waals surface area contributed by atoms with Crippen LogP contribution in [0.15, 0.2) is 65.7 Å². The molecule has 0 amide bonds. The third-order valence-corrected chi connectivity index (χ3v) is 6.87. The molecule has 31 heavy (non-hydrogen) atoms. The molecule has 5 rings (SSSR count). The molecule has 0 fully saturated rings. The standard InChI is InChI=1S/C27H32N3O/c1-26(2)22-13-8-9-14-23(22)29(17-10-18-30(3,4)5)27(26)19-28-25-21-12-7-6-11-20(21)15-16-24(25)31-27/h6-9,11-16,19H,10,17-18H2,1-5H3/q+1. The highest BCUT2D eigenvalue weighted by Gasteiger charge is 2.59. The Hall–Kier alpha value is -2.85. The molecule has 4 nitrogen and oxygen atoms in total. The van der Waals surface area contributed by atoms with Gasteiger partial charge in [-0.1, -0.05) is 48.5 Å². The number of hydrogen-bond acceptors (Lipinski definition) is 3. The summed E-state index contributed by atoms with van der Waals surface area (Å²) in [4.78, 5) is 7.49. The number of fused-ring (bicyclic) bond motifs is 4. The lowest BCUT2D eigenvalue weighted by molar-refractivity contribution is -0.870. The number of benzene rings is 3. The number of aliphatic imine (C=N–C) groups is 1. The fourth-order valence-corrected chi connectivity index (χ4v) is 5.15. The van der Waals surface area contributed by atoms with Crippen molar-refractivity contribution in [2.24, 2.45) is 4.99 Å². The first-order chi connectivity index (χ1) is 14.7. The minimum Gasteiger partial charge on any atom is -0.459 e. The molecular weight excluding hydrogens is 382 g/mol.